The predicted molar refractivity (Wildman–Crippen MR) is 68.2 cm³/mol. The van der Waals surface area contributed by atoms with Gasteiger partial charge in [0, 0.05) is 17.6 Å². The van der Waals surface area contributed by atoms with Gasteiger partial charge in [0.05, 0.1) is 16.2 Å². The smallest absolute Gasteiger partial charge is 0.149 e. The first-order valence-electron chi connectivity index (χ1n) is 4.88. The van der Waals surface area contributed by atoms with Gasteiger partial charge in [0.1, 0.15) is 16.6 Å². The highest BCUT2D eigenvalue weighted by atomic mass is 79.9. The number of nitrogens with one attached hydrogen (secondary N) is 1. The fourth-order valence-corrected chi connectivity index (χ4v) is 2.37. The molecule has 1 atom stereocenters. The fraction of sp³-hybridized carbons (Fsp3) is 0.182. The molecule has 0 radical (unpaired) electrons. The number of thiazole rings is 1. The lowest BCUT2D eigenvalue weighted by molar-refractivity contribution is 0.579. The summed E-state index contributed by atoms with van der Waals surface area (Å²) in [5.41, 5.74) is 0.251. The van der Waals surface area contributed by atoms with E-state index in [2.05, 4.69) is 26.2 Å². The van der Waals surface area contributed by atoms with Crippen molar-refractivity contribution in [1.82, 2.24) is 4.98 Å². The Kier molecular flexibility index (Phi) is 3.73. The molecule has 0 spiro atoms. The van der Waals surface area contributed by atoms with Crippen molar-refractivity contribution in [2.45, 2.75) is 13.0 Å². The summed E-state index contributed by atoms with van der Waals surface area (Å²) in [7, 11) is 0. The Hall–Kier alpha value is -1.01. The van der Waals surface area contributed by atoms with Gasteiger partial charge in [0.2, 0.25) is 0 Å². The summed E-state index contributed by atoms with van der Waals surface area (Å²) in [5, 5.41) is 5.66. The summed E-state index contributed by atoms with van der Waals surface area (Å²) in [4.78, 5) is 4.13. The summed E-state index contributed by atoms with van der Waals surface area (Å²) in [6.45, 7) is 1.87. The molecular formula is C11H9BrF2N2S. The van der Waals surface area contributed by atoms with Gasteiger partial charge in [0.15, 0.2) is 0 Å². The minimum atomic E-state index is -0.617. The van der Waals surface area contributed by atoms with Crippen LogP contribution >= 0.6 is 27.3 Å². The first kappa shape index (κ1) is 12.4. The zero-order chi connectivity index (χ0) is 12.4. The molecule has 0 saturated carbocycles. The van der Waals surface area contributed by atoms with Crippen LogP contribution in [-0.4, -0.2) is 4.98 Å². The highest BCUT2D eigenvalue weighted by Crippen LogP contribution is 2.27. The minimum absolute atomic E-state index is 0.123. The second kappa shape index (κ2) is 5.10. The van der Waals surface area contributed by atoms with E-state index in [1.54, 1.807) is 6.20 Å². The molecule has 0 aliphatic carbocycles. The number of hydrogen-bond donors (Lipinski definition) is 1. The third kappa shape index (κ3) is 2.81. The number of benzene rings is 1. The summed E-state index contributed by atoms with van der Waals surface area (Å²) in [6.07, 6.45) is 1.69. The van der Waals surface area contributed by atoms with Crippen molar-refractivity contribution >= 4 is 33.0 Å². The van der Waals surface area contributed by atoms with Crippen LogP contribution in [0.25, 0.3) is 0 Å². The molecule has 0 fully saturated rings. The summed E-state index contributed by atoms with van der Waals surface area (Å²) < 4.78 is 26.8. The van der Waals surface area contributed by atoms with Gasteiger partial charge >= 0.3 is 0 Å². The maximum absolute atomic E-state index is 13.5. The van der Waals surface area contributed by atoms with Crippen LogP contribution in [0.4, 0.5) is 14.5 Å². The third-order valence-electron chi connectivity index (χ3n) is 2.20. The Bertz CT molecular complexity index is 516. The molecule has 17 heavy (non-hydrogen) atoms. The molecule has 0 bridgehead atoms. The van der Waals surface area contributed by atoms with Crippen molar-refractivity contribution in [3.63, 3.8) is 0 Å². The molecule has 1 N–H and O–H groups in total. The van der Waals surface area contributed by atoms with Crippen LogP contribution in [-0.2, 0) is 0 Å². The second-order valence-electron chi connectivity index (χ2n) is 3.48. The highest BCUT2D eigenvalue weighted by Gasteiger charge is 2.13. The molecule has 2 nitrogen and oxygen atoms in total. The average molecular weight is 319 g/mol. The molecular weight excluding hydrogens is 310 g/mol. The molecule has 90 valence electrons. The molecule has 1 unspecified atom stereocenters. The van der Waals surface area contributed by atoms with Crippen LogP contribution in [0.1, 0.15) is 18.0 Å². The molecule has 0 amide bonds. The second-order valence-corrected chi connectivity index (χ2v) is 5.26. The first-order valence-corrected chi connectivity index (χ1v) is 6.55. The molecule has 0 aliphatic heterocycles. The monoisotopic (exact) mass is 318 g/mol. The van der Waals surface area contributed by atoms with Crippen molar-refractivity contribution in [2.75, 3.05) is 5.32 Å². The van der Waals surface area contributed by atoms with Crippen molar-refractivity contribution in [1.29, 1.82) is 0 Å². The van der Waals surface area contributed by atoms with Crippen molar-refractivity contribution in [3.05, 3.63) is 44.8 Å². The Labute approximate surface area is 110 Å². The van der Waals surface area contributed by atoms with E-state index in [0.29, 0.717) is 0 Å². The van der Waals surface area contributed by atoms with E-state index in [9.17, 15) is 8.78 Å². The van der Waals surface area contributed by atoms with Gasteiger partial charge < -0.3 is 5.32 Å². The number of rotatable bonds is 3. The van der Waals surface area contributed by atoms with Crippen LogP contribution in [0.3, 0.4) is 0 Å². The topological polar surface area (TPSA) is 24.9 Å². The Morgan fingerprint density at radius 3 is 2.76 bits per heavy atom. The zero-order valence-corrected chi connectivity index (χ0v) is 11.3. The normalized spacial score (nSPS) is 12.5. The molecule has 2 rings (SSSR count). The quantitative estimate of drug-likeness (QED) is 0.851. The number of aromatic nitrogens is 1. The van der Waals surface area contributed by atoms with Crippen molar-refractivity contribution in [2.24, 2.45) is 0 Å². The first-order chi connectivity index (χ1) is 8.08. The molecule has 2 aromatic rings. The van der Waals surface area contributed by atoms with E-state index >= 15 is 0 Å². The van der Waals surface area contributed by atoms with Crippen molar-refractivity contribution < 1.29 is 8.78 Å². The molecule has 1 aromatic heterocycles. The molecule has 1 heterocycles. The van der Waals surface area contributed by atoms with Gasteiger partial charge in [-0.15, -0.1) is 11.3 Å². The van der Waals surface area contributed by atoms with Crippen LogP contribution in [0.5, 0.6) is 0 Å². The lowest BCUT2D eigenvalue weighted by atomic mass is 10.2. The predicted octanol–water partition coefficient (Wildman–Crippen LogP) is 4.36. The molecule has 0 aliphatic rings. The maximum atomic E-state index is 13.5. The largest absolute Gasteiger partial charge is 0.374 e. The van der Waals surface area contributed by atoms with E-state index in [4.69, 9.17) is 0 Å². The lowest BCUT2D eigenvalue weighted by Crippen LogP contribution is -2.08. The van der Waals surface area contributed by atoms with Crippen LogP contribution in [0.2, 0.25) is 0 Å². The summed E-state index contributed by atoms with van der Waals surface area (Å²) in [6, 6.07) is 2.11. The molecule has 0 saturated heterocycles. The summed E-state index contributed by atoms with van der Waals surface area (Å²) in [5.74, 6) is -1.23. The van der Waals surface area contributed by atoms with E-state index in [1.807, 2.05) is 12.3 Å². The van der Waals surface area contributed by atoms with E-state index in [-0.39, 0.29) is 16.2 Å². The number of hydrogen-bond acceptors (Lipinski definition) is 3. The Balaban J connectivity index is 2.22. The highest BCUT2D eigenvalue weighted by molar-refractivity contribution is 9.10. The SMILES string of the molecule is CC(Nc1cc(Br)c(F)cc1F)c1nccs1. The van der Waals surface area contributed by atoms with Crippen molar-refractivity contribution in [3.8, 4) is 0 Å². The summed E-state index contributed by atoms with van der Waals surface area (Å²) >= 11 is 4.51. The number of anilines is 1. The lowest BCUT2D eigenvalue weighted by Gasteiger charge is -2.13. The van der Waals surface area contributed by atoms with Gasteiger partial charge in [-0.3, -0.25) is 0 Å². The zero-order valence-electron chi connectivity index (χ0n) is 8.88. The van der Waals surface area contributed by atoms with Gasteiger partial charge in [-0.1, -0.05) is 0 Å². The van der Waals surface area contributed by atoms with E-state index < -0.39 is 11.6 Å². The van der Waals surface area contributed by atoms with Crippen LogP contribution in [0.15, 0.2) is 28.2 Å². The Morgan fingerprint density at radius 1 is 1.35 bits per heavy atom. The van der Waals surface area contributed by atoms with E-state index in [0.717, 1.165) is 11.1 Å². The van der Waals surface area contributed by atoms with Gasteiger partial charge in [0.25, 0.3) is 0 Å². The number of halogens is 3. The van der Waals surface area contributed by atoms with E-state index in [1.165, 1.54) is 17.4 Å². The van der Waals surface area contributed by atoms with Crippen LogP contribution in [0, 0.1) is 11.6 Å². The van der Waals surface area contributed by atoms with Gasteiger partial charge in [-0.2, -0.15) is 0 Å². The molecule has 1 aromatic carbocycles. The maximum Gasteiger partial charge on any atom is 0.149 e. The standard InChI is InChI=1S/C11H9BrF2N2S/c1-6(11-15-2-3-17-11)16-10-4-7(12)8(13)5-9(10)14/h2-6,16H,1H3. The molecule has 6 heteroatoms. The number of nitrogens with zero attached hydrogens (tertiary/aromatic N) is 1. The van der Waals surface area contributed by atoms with Gasteiger partial charge in [-0.05, 0) is 28.9 Å². The fourth-order valence-electron chi connectivity index (χ4n) is 1.38. The van der Waals surface area contributed by atoms with Crippen LogP contribution < -0.4 is 5.32 Å². The Morgan fingerprint density at radius 2 is 2.12 bits per heavy atom. The average Bonchev–Trinajstić information content (AvgIpc) is 2.79. The van der Waals surface area contributed by atoms with Gasteiger partial charge in [-0.25, -0.2) is 13.8 Å². The third-order valence-corrected chi connectivity index (χ3v) is 3.77. The minimum Gasteiger partial charge on any atom is -0.374 e.